The molecule has 0 atom stereocenters. The van der Waals surface area contributed by atoms with E-state index in [0.29, 0.717) is 5.41 Å². The van der Waals surface area contributed by atoms with E-state index >= 15 is 0 Å². The zero-order valence-electron chi connectivity index (χ0n) is 8.33. The van der Waals surface area contributed by atoms with E-state index in [-0.39, 0.29) is 0 Å². The molecule has 1 aliphatic heterocycles. The van der Waals surface area contributed by atoms with Gasteiger partial charge in [-0.15, -0.1) is 0 Å². The molecule has 0 aromatic heterocycles. The van der Waals surface area contributed by atoms with Gasteiger partial charge in [0.2, 0.25) is 0 Å². The van der Waals surface area contributed by atoms with E-state index in [4.69, 9.17) is 0 Å². The first-order valence-corrected chi connectivity index (χ1v) is 4.54. The van der Waals surface area contributed by atoms with Crippen molar-refractivity contribution >= 4 is 0 Å². The third-order valence-electron chi connectivity index (χ3n) is 2.31. The molecule has 0 spiro atoms. The molecule has 0 bridgehead atoms. The SMILES string of the molecule is CCC1(C)CNC1.CCNC. The summed E-state index contributed by atoms with van der Waals surface area (Å²) in [5, 5.41) is 6.18. The standard InChI is InChI=1S/C6H13N.C3H9N/c1-3-6(2)4-7-5-6;1-3-4-2/h7H,3-5H2,1-2H3;4H,3H2,1-2H3. The summed E-state index contributed by atoms with van der Waals surface area (Å²) in [6.07, 6.45) is 1.32. The summed E-state index contributed by atoms with van der Waals surface area (Å²) in [6, 6.07) is 0. The van der Waals surface area contributed by atoms with Crippen molar-refractivity contribution in [3.63, 3.8) is 0 Å². The van der Waals surface area contributed by atoms with Gasteiger partial charge in [-0.1, -0.05) is 20.8 Å². The summed E-state index contributed by atoms with van der Waals surface area (Å²) in [5.74, 6) is 0. The second-order valence-electron chi connectivity index (χ2n) is 3.47. The first-order valence-electron chi connectivity index (χ1n) is 4.54. The van der Waals surface area contributed by atoms with E-state index in [0.717, 1.165) is 6.54 Å². The molecule has 0 aromatic carbocycles. The normalized spacial score (nSPS) is 19.6. The molecule has 0 radical (unpaired) electrons. The number of hydrogen-bond donors (Lipinski definition) is 2. The van der Waals surface area contributed by atoms with Crippen molar-refractivity contribution in [3.05, 3.63) is 0 Å². The highest BCUT2D eigenvalue weighted by molar-refractivity contribution is 4.86. The summed E-state index contributed by atoms with van der Waals surface area (Å²) in [4.78, 5) is 0. The summed E-state index contributed by atoms with van der Waals surface area (Å²) < 4.78 is 0. The Bertz CT molecular complexity index is 80.1. The van der Waals surface area contributed by atoms with Crippen molar-refractivity contribution in [2.45, 2.75) is 27.2 Å². The van der Waals surface area contributed by atoms with E-state index in [1.807, 2.05) is 7.05 Å². The first kappa shape index (κ1) is 10.9. The Morgan fingerprint density at radius 2 is 1.82 bits per heavy atom. The molecule has 0 saturated carbocycles. The van der Waals surface area contributed by atoms with Gasteiger partial charge >= 0.3 is 0 Å². The van der Waals surface area contributed by atoms with Gasteiger partial charge in [-0.3, -0.25) is 0 Å². The van der Waals surface area contributed by atoms with E-state index < -0.39 is 0 Å². The van der Waals surface area contributed by atoms with Crippen molar-refractivity contribution in [2.24, 2.45) is 5.41 Å². The third-order valence-corrected chi connectivity index (χ3v) is 2.31. The van der Waals surface area contributed by atoms with Crippen LogP contribution in [0.3, 0.4) is 0 Å². The predicted octanol–water partition coefficient (Wildman–Crippen LogP) is 1.23. The smallest absolute Gasteiger partial charge is 0.00175 e. The van der Waals surface area contributed by atoms with Crippen LogP contribution in [-0.2, 0) is 0 Å². The van der Waals surface area contributed by atoms with Crippen LogP contribution in [0.15, 0.2) is 0 Å². The van der Waals surface area contributed by atoms with Crippen molar-refractivity contribution in [1.29, 1.82) is 0 Å². The van der Waals surface area contributed by atoms with Crippen LogP contribution in [0.1, 0.15) is 27.2 Å². The van der Waals surface area contributed by atoms with Crippen molar-refractivity contribution in [1.82, 2.24) is 10.6 Å². The van der Waals surface area contributed by atoms with Crippen molar-refractivity contribution < 1.29 is 0 Å². The minimum absolute atomic E-state index is 0.653. The van der Waals surface area contributed by atoms with Crippen LogP contribution in [0.5, 0.6) is 0 Å². The van der Waals surface area contributed by atoms with Crippen LogP contribution < -0.4 is 10.6 Å². The number of nitrogens with one attached hydrogen (secondary N) is 2. The van der Waals surface area contributed by atoms with E-state index in [9.17, 15) is 0 Å². The zero-order chi connectivity index (χ0) is 8.74. The lowest BCUT2D eigenvalue weighted by molar-refractivity contribution is 0.189. The zero-order valence-corrected chi connectivity index (χ0v) is 8.33. The molecule has 11 heavy (non-hydrogen) atoms. The second-order valence-corrected chi connectivity index (χ2v) is 3.47. The lowest BCUT2D eigenvalue weighted by Gasteiger charge is -2.38. The molecular weight excluding hydrogens is 136 g/mol. The van der Waals surface area contributed by atoms with Gasteiger partial charge in [-0.2, -0.15) is 0 Å². The summed E-state index contributed by atoms with van der Waals surface area (Å²) in [7, 11) is 1.93. The summed E-state index contributed by atoms with van der Waals surface area (Å²) >= 11 is 0. The Morgan fingerprint density at radius 3 is 1.82 bits per heavy atom. The highest BCUT2D eigenvalue weighted by Crippen LogP contribution is 2.24. The largest absolute Gasteiger partial charge is 0.320 e. The van der Waals surface area contributed by atoms with Gasteiger partial charge < -0.3 is 10.6 Å². The molecule has 0 aliphatic carbocycles. The van der Waals surface area contributed by atoms with Gasteiger partial charge in [0.15, 0.2) is 0 Å². The van der Waals surface area contributed by atoms with E-state index in [2.05, 4.69) is 31.4 Å². The van der Waals surface area contributed by atoms with Gasteiger partial charge in [-0.05, 0) is 25.4 Å². The maximum absolute atomic E-state index is 3.25. The molecule has 1 heterocycles. The third kappa shape index (κ3) is 4.38. The molecule has 1 fully saturated rings. The van der Waals surface area contributed by atoms with Crippen molar-refractivity contribution in [2.75, 3.05) is 26.7 Å². The lowest BCUT2D eigenvalue weighted by atomic mass is 9.82. The molecule has 2 nitrogen and oxygen atoms in total. The van der Waals surface area contributed by atoms with Crippen LogP contribution in [0.25, 0.3) is 0 Å². The fourth-order valence-electron chi connectivity index (χ4n) is 0.802. The van der Waals surface area contributed by atoms with Crippen LogP contribution in [0.4, 0.5) is 0 Å². The molecule has 0 unspecified atom stereocenters. The highest BCUT2D eigenvalue weighted by Gasteiger charge is 2.28. The molecule has 1 rings (SSSR count). The van der Waals surface area contributed by atoms with Crippen molar-refractivity contribution in [3.8, 4) is 0 Å². The molecule has 1 saturated heterocycles. The predicted molar refractivity (Wildman–Crippen MR) is 50.9 cm³/mol. The molecule has 1 aliphatic rings. The topological polar surface area (TPSA) is 24.1 Å². The molecule has 2 N–H and O–H groups in total. The Hall–Kier alpha value is -0.0800. The Balaban J connectivity index is 0.000000218. The summed E-state index contributed by atoms with van der Waals surface area (Å²) in [5.41, 5.74) is 0.653. The average molecular weight is 158 g/mol. The van der Waals surface area contributed by atoms with Crippen LogP contribution in [-0.4, -0.2) is 26.7 Å². The molecule has 0 amide bonds. The van der Waals surface area contributed by atoms with E-state index in [1.54, 1.807) is 0 Å². The molecule has 68 valence electrons. The fourth-order valence-corrected chi connectivity index (χ4v) is 0.802. The first-order chi connectivity index (χ1) is 5.18. The second kappa shape index (κ2) is 5.56. The average Bonchev–Trinajstić information content (AvgIpc) is 2.01. The Kier molecular flexibility index (Phi) is 5.51. The van der Waals surface area contributed by atoms with Crippen LogP contribution >= 0.6 is 0 Å². The fraction of sp³-hybridized carbons (Fsp3) is 1.00. The van der Waals surface area contributed by atoms with Gasteiger partial charge in [-0.25, -0.2) is 0 Å². The highest BCUT2D eigenvalue weighted by atomic mass is 15.0. The maximum atomic E-state index is 3.25. The molecule has 0 aromatic rings. The number of hydrogen-bond acceptors (Lipinski definition) is 2. The lowest BCUT2D eigenvalue weighted by Crippen LogP contribution is -2.50. The van der Waals surface area contributed by atoms with E-state index in [1.165, 1.54) is 19.5 Å². The van der Waals surface area contributed by atoms with Gasteiger partial charge in [0, 0.05) is 13.1 Å². The molecule has 2 heteroatoms. The molecular formula is C9H22N2. The van der Waals surface area contributed by atoms with Crippen LogP contribution in [0, 0.1) is 5.41 Å². The quantitative estimate of drug-likeness (QED) is 0.631. The van der Waals surface area contributed by atoms with Gasteiger partial charge in [0.05, 0.1) is 0 Å². The minimum Gasteiger partial charge on any atom is -0.320 e. The van der Waals surface area contributed by atoms with Gasteiger partial charge in [0.25, 0.3) is 0 Å². The summed E-state index contributed by atoms with van der Waals surface area (Å²) in [6.45, 7) is 10.2. The Morgan fingerprint density at radius 1 is 1.36 bits per heavy atom. The maximum Gasteiger partial charge on any atom is 0.00175 e. The van der Waals surface area contributed by atoms with Gasteiger partial charge in [0.1, 0.15) is 0 Å². The monoisotopic (exact) mass is 158 g/mol. The Labute approximate surface area is 70.8 Å². The number of rotatable bonds is 2. The van der Waals surface area contributed by atoms with Crippen LogP contribution in [0.2, 0.25) is 0 Å². The minimum atomic E-state index is 0.653.